The fraction of sp³-hybridized carbons (Fsp3) is 0.250. The molecule has 8 nitrogen and oxygen atoms in total. The highest BCUT2D eigenvalue weighted by Crippen LogP contribution is 2.35. The number of nitro groups is 1. The van der Waals surface area contributed by atoms with E-state index in [1.54, 1.807) is 12.1 Å². The molecule has 0 spiro atoms. The van der Waals surface area contributed by atoms with Gasteiger partial charge < -0.3 is 4.90 Å². The summed E-state index contributed by atoms with van der Waals surface area (Å²) < 4.78 is 0.981. The first-order valence-corrected chi connectivity index (χ1v) is 10.1. The minimum Gasteiger partial charge on any atom is -0.323 e. The van der Waals surface area contributed by atoms with Gasteiger partial charge in [-0.15, -0.1) is 0 Å². The molecule has 0 N–H and O–H groups in total. The smallest absolute Gasteiger partial charge is 0.269 e. The van der Waals surface area contributed by atoms with Crippen molar-refractivity contribution in [3.63, 3.8) is 0 Å². The van der Waals surface area contributed by atoms with Crippen LogP contribution in [-0.2, 0) is 9.59 Å². The van der Waals surface area contributed by atoms with Crippen LogP contribution in [0.5, 0.6) is 0 Å². The summed E-state index contributed by atoms with van der Waals surface area (Å²) in [5, 5.41) is 10.8. The van der Waals surface area contributed by atoms with Gasteiger partial charge >= 0.3 is 0 Å². The van der Waals surface area contributed by atoms with Crippen LogP contribution >= 0.6 is 22.6 Å². The van der Waals surface area contributed by atoms with Crippen LogP contribution in [0.2, 0.25) is 0 Å². The normalized spacial score (nSPS) is 18.8. The van der Waals surface area contributed by atoms with Gasteiger partial charge in [0.05, 0.1) is 17.0 Å². The summed E-state index contributed by atoms with van der Waals surface area (Å²) in [6.07, 6.45) is 1.46. The molecule has 1 unspecified atom stereocenters. The number of carbonyl (C=O) groups is 3. The van der Waals surface area contributed by atoms with Gasteiger partial charge in [0, 0.05) is 27.3 Å². The van der Waals surface area contributed by atoms with Gasteiger partial charge in [-0.1, -0.05) is 0 Å². The van der Waals surface area contributed by atoms with Gasteiger partial charge in [-0.2, -0.15) is 0 Å². The number of hydrogen-bond donors (Lipinski definition) is 0. The number of non-ortho nitro benzene ring substituents is 1. The molecule has 0 radical (unpaired) electrons. The third-order valence-corrected chi connectivity index (χ3v) is 5.76. The molecule has 2 aromatic rings. The average Bonchev–Trinajstić information content (AvgIpc) is 3.49. The van der Waals surface area contributed by atoms with Crippen molar-refractivity contribution in [3.8, 4) is 0 Å². The summed E-state index contributed by atoms with van der Waals surface area (Å²) in [5.41, 5.74) is 0.633. The van der Waals surface area contributed by atoms with Crippen LogP contribution in [0.1, 0.15) is 29.6 Å². The van der Waals surface area contributed by atoms with Gasteiger partial charge in [0.2, 0.25) is 5.91 Å². The number of carbonyl (C=O) groups excluding carboxylic acids is 3. The zero-order valence-electron chi connectivity index (χ0n) is 15.2. The molecule has 0 bridgehead atoms. The Labute approximate surface area is 179 Å². The number of anilines is 1. The van der Waals surface area contributed by atoms with Gasteiger partial charge in [0.25, 0.3) is 17.5 Å². The third-order valence-electron chi connectivity index (χ3n) is 5.04. The van der Waals surface area contributed by atoms with E-state index in [9.17, 15) is 24.5 Å². The molecule has 3 amide bonds. The van der Waals surface area contributed by atoms with Crippen molar-refractivity contribution in [2.24, 2.45) is 0 Å². The number of rotatable bonds is 5. The molecule has 2 aliphatic rings. The van der Waals surface area contributed by atoms with Crippen molar-refractivity contribution >= 4 is 51.7 Å². The largest absolute Gasteiger partial charge is 0.323 e. The Morgan fingerprint density at radius 2 is 1.69 bits per heavy atom. The summed E-state index contributed by atoms with van der Waals surface area (Å²) in [6.45, 7) is 0. The van der Waals surface area contributed by atoms with Crippen LogP contribution in [0.4, 0.5) is 11.4 Å². The van der Waals surface area contributed by atoms with Crippen molar-refractivity contribution in [1.29, 1.82) is 0 Å². The number of nitrogens with zero attached hydrogens (tertiary/aromatic N) is 3. The highest BCUT2D eigenvalue weighted by atomic mass is 127. The Morgan fingerprint density at radius 3 is 2.24 bits per heavy atom. The second-order valence-corrected chi connectivity index (χ2v) is 8.26. The quantitative estimate of drug-likeness (QED) is 0.269. The molecule has 1 aliphatic heterocycles. The summed E-state index contributed by atoms with van der Waals surface area (Å²) in [6, 6.07) is 11.4. The minimum atomic E-state index is -0.864. The van der Waals surface area contributed by atoms with E-state index in [2.05, 4.69) is 22.6 Å². The first-order valence-electron chi connectivity index (χ1n) is 9.06. The highest BCUT2D eigenvalue weighted by molar-refractivity contribution is 14.1. The SMILES string of the molecule is O=C1CC(N(C(=O)c2ccc([N+](=O)[O-])cc2)C2CC2)C(=O)N1c1ccc(I)cc1. The maximum absolute atomic E-state index is 13.1. The summed E-state index contributed by atoms with van der Waals surface area (Å²) in [7, 11) is 0. The van der Waals surface area contributed by atoms with Crippen molar-refractivity contribution in [1.82, 2.24) is 4.90 Å². The van der Waals surface area contributed by atoms with E-state index in [4.69, 9.17) is 0 Å². The number of hydrogen-bond acceptors (Lipinski definition) is 5. The van der Waals surface area contributed by atoms with Gasteiger partial charge in [-0.05, 0) is 71.8 Å². The van der Waals surface area contributed by atoms with Crippen LogP contribution in [0.15, 0.2) is 48.5 Å². The molecular weight excluding hydrogens is 489 g/mol. The van der Waals surface area contributed by atoms with Crippen LogP contribution in [-0.4, -0.2) is 39.6 Å². The standard InChI is InChI=1S/C20H16IN3O5/c21-13-3-7-15(8-4-13)23-18(25)11-17(20(23)27)22(14-9-10-14)19(26)12-1-5-16(6-2-12)24(28)29/h1-8,14,17H,9-11H2. The first kappa shape index (κ1) is 19.5. The molecule has 148 valence electrons. The predicted molar refractivity (Wildman–Crippen MR) is 112 cm³/mol. The van der Waals surface area contributed by atoms with Gasteiger partial charge in [-0.25, -0.2) is 4.90 Å². The Balaban J connectivity index is 1.61. The fourth-order valence-corrected chi connectivity index (χ4v) is 3.84. The highest BCUT2D eigenvalue weighted by Gasteiger charge is 2.48. The molecule has 0 aromatic heterocycles. The van der Waals surface area contributed by atoms with Gasteiger partial charge in [0.15, 0.2) is 0 Å². The second kappa shape index (κ2) is 7.54. The lowest BCUT2D eigenvalue weighted by Crippen LogP contribution is -2.46. The van der Waals surface area contributed by atoms with Crippen LogP contribution in [0, 0.1) is 13.7 Å². The van der Waals surface area contributed by atoms with Crippen molar-refractivity contribution in [3.05, 3.63) is 67.8 Å². The monoisotopic (exact) mass is 505 g/mol. The lowest BCUT2D eigenvalue weighted by Gasteiger charge is -2.27. The van der Waals surface area contributed by atoms with E-state index in [1.807, 2.05) is 12.1 Å². The maximum Gasteiger partial charge on any atom is 0.269 e. The van der Waals surface area contributed by atoms with Crippen LogP contribution in [0.25, 0.3) is 0 Å². The van der Waals surface area contributed by atoms with E-state index >= 15 is 0 Å². The number of halogens is 1. The Kier molecular flexibility index (Phi) is 5.07. The molecule has 9 heteroatoms. The Morgan fingerprint density at radius 1 is 1.07 bits per heavy atom. The lowest BCUT2D eigenvalue weighted by molar-refractivity contribution is -0.384. The average molecular weight is 505 g/mol. The number of nitro benzene ring substituents is 1. The zero-order chi connectivity index (χ0) is 20.7. The van der Waals surface area contributed by atoms with E-state index < -0.39 is 22.8 Å². The fourth-order valence-electron chi connectivity index (χ4n) is 3.48. The zero-order valence-corrected chi connectivity index (χ0v) is 17.3. The lowest BCUT2D eigenvalue weighted by atomic mass is 10.1. The molecule has 2 fully saturated rings. The molecule has 1 saturated heterocycles. The minimum absolute atomic E-state index is 0.0694. The predicted octanol–water partition coefficient (Wildman–Crippen LogP) is 3.14. The van der Waals surface area contributed by atoms with Gasteiger partial charge in [0.1, 0.15) is 6.04 Å². The second-order valence-electron chi connectivity index (χ2n) is 7.01. The summed E-state index contributed by atoms with van der Waals surface area (Å²) in [5.74, 6) is -1.15. The topological polar surface area (TPSA) is 101 Å². The van der Waals surface area contributed by atoms with E-state index in [0.717, 1.165) is 21.3 Å². The molecule has 29 heavy (non-hydrogen) atoms. The molecular formula is C20H16IN3O5. The number of amides is 3. The number of imide groups is 1. The van der Waals surface area contributed by atoms with E-state index in [-0.39, 0.29) is 29.6 Å². The molecule has 1 saturated carbocycles. The Hall–Kier alpha value is -2.82. The molecule has 4 rings (SSSR count). The molecule has 2 aromatic carbocycles. The van der Waals surface area contributed by atoms with E-state index in [1.165, 1.54) is 29.2 Å². The van der Waals surface area contributed by atoms with Crippen molar-refractivity contribution in [2.75, 3.05) is 4.90 Å². The number of benzene rings is 2. The van der Waals surface area contributed by atoms with Gasteiger partial charge in [-0.3, -0.25) is 24.5 Å². The maximum atomic E-state index is 13.1. The van der Waals surface area contributed by atoms with E-state index in [0.29, 0.717) is 5.69 Å². The van der Waals surface area contributed by atoms with Crippen molar-refractivity contribution in [2.45, 2.75) is 31.3 Å². The van der Waals surface area contributed by atoms with Crippen LogP contribution < -0.4 is 4.90 Å². The van der Waals surface area contributed by atoms with Crippen LogP contribution in [0.3, 0.4) is 0 Å². The molecule has 1 aliphatic carbocycles. The molecule has 1 atom stereocenters. The molecule has 1 heterocycles. The first-order chi connectivity index (χ1) is 13.9. The third kappa shape index (κ3) is 3.74. The Bertz CT molecular complexity index is 1000. The van der Waals surface area contributed by atoms with Crippen molar-refractivity contribution < 1.29 is 19.3 Å². The summed E-state index contributed by atoms with van der Waals surface area (Å²) >= 11 is 2.14. The summed E-state index contributed by atoms with van der Waals surface area (Å²) in [4.78, 5) is 51.7.